The summed E-state index contributed by atoms with van der Waals surface area (Å²) in [6.45, 7) is 4.82. The number of carbonyl (C=O) groups is 1. The molecular formula is C19H19NO3. The van der Waals surface area contributed by atoms with Crippen molar-refractivity contribution in [2.45, 2.75) is 25.9 Å². The number of carboxylic acids is 1. The summed E-state index contributed by atoms with van der Waals surface area (Å²) in [4.78, 5) is 15.5. The SMILES string of the molecule is CC(C)c1ccc(C2=NCC(c3cccc(C(=O)O)c3)O2)cc1. The van der Waals surface area contributed by atoms with Crippen molar-refractivity contribution < 1.29 is 14.6 Å². The smallest absolute Gasteiger partial charge is 0.335 e. The Balaban J connectivity index is 1.75. The first kappa shape index (κ1) is 15.3. The minimum absolute atomic E-state index is 0.228. The minimum atomic E-state index is -0.935. The molecule has 0 radical (unpaired) electrons. The molecular weight excluding hydrogens is 290 g/mol. The molecule has 118 valence electrons. The van der Waals surface area contributed by atoms with Crippen LogP contribution in [-0.4, -0.2) is 23.5 Å². The predicted molar refractivity (Wildman–Crippen MR) is 89.2 cm³/mol. The summed E-state index contributed by atoms with van der Waals surface area (Å²) in [6, 6.07) is 15.0. The Kier molecular flexibility index (Phi) is 4.15. The average molecular weight is 309 g/mol. The Morgan fingerprint density at radius 1 is 1.22 bits per heavy atom. The molecule has 0 saturated heterocycles. The third-order valence-corrected chi connectivity index (χ3v) is 3.98. The number of benzene rings is 2. The second kappa shape index (κ2) is 6.24. The van der Waals surface area contributed by atoms with Crippen molar-refractivity contribution in [1.82, 2.24) is 0 Å². The van der Waals surface area contributed by atoms with E-state index in [1.165, 1.54) is 5.56 Å². The number of hydrogen-bond acceptors (Lipinski definition) is 3. The van der Waals surface area contributed by atoms with Crippen molar-refractivity contribution in [2.75, 3.05) is 6.54 Å². The predicted octanol–water partition coefficient (Wildman–Crippen LogP) is 4.03. The van der Waals surface area contributed by atoms with Gasteiger partial charge in [0, 0.05) is 5.56 Å². The van der Waals surface area contributed by atoms with E-state index in [0.29, 0.717) is 18.4 Å². The van der Waals surface area contributed by atoms with Crippen LogP contribution in [0.5, 0.6) is 0 Å². The molecule has 0 spiro atoms. The zero-order valence-electron chi connectivity index (χ0n) is 13.2. The van der Waals surface area contributed by atoms with Gasteiger partial charge in [-0.3, -0.25) is 0 Å². The van der Waals surface area contributed by atoms with E-state index < -0.39 is 5.97 Å². The number of ether oxygens (including phenoxy) is 1. The van der Waals surface area contributed by atoms with Gasteiger partial charge in [0.05, 0.1) is 12.1 Å². The van der Waals surface area contributed by atoms with Crippen LogP contribution in [0.1, 0.15) is 52.9 Å². The average Bonchev–Trinajstić information content (AvgIpc) is 3.05. The quantitative estimate of drug-likeness (QED) is 0.927. The summed E-state index contributed by atoms with van der Waals surface area (Å²) in [5, 5.41) is 9.08. The molecule has 0 bridgehead atoms. The normalized spacial score (nSPS) is 17.0. The van der Waals surface area contributed by atoms with Crippen LogP contribution < -0.4 is 0 Å². The summed E-state index contributed by atoms with van der Waals surface area (Å²) >= 11 is 0. The largest absolute Gasteiger partial charge is 0.478 e. The molecule has 0 amide bonds. The second-order valence-electron chi connectivity index (χ2n) is 5.96. The van der Waals surface area contributed by atoms with Crippen molar-refractivity contribution >= 4 is 11.9 Å². The number of carboxylic acid groups (broad SMARTS) is 1. The van der Waals surface area contributed by atoms with E-state index in [0.717, 1.165) is 11.1 Å². The van der Waals surface area contributed by atoms with E-state index >= 15 is 0 Å². The maximum Gasteiger partial charge on any atom is 0.335 e. The van der Waals surface area contributed by atoms with Crippen LogP contribution in [0.15, 0.2) is 53.5 Å². The molecule has 1 aliphatic rings. The molecule has 3 rings (SSSR count). The third-order valence-electron chi connectivity index (χ3n) is 3.98. The Morgan fingerprint density at radius 2 is 1.96 bits per heavy atom. The summed E-state index contributed by atoms with van der Waals surface area (Å²) in [6.07, 6.45) is -0.228. The molecule has 0 aromatic heterocycles. The Hall–Kier alpha value is -2.62. The molecule has 23 heavy (non-hydrogen) atoms. The molecule has 1 unspecified atom stereocenters. The highest BCUT2D eigenvalue weighted by Crippen LogP contribution is 2.26. The number of nitrogens with zero attached hydrogens (tertiary/aromatic N) is 1. The second-order valence-corrected chi connectivity index (χ2v) is 5.96. The van der Waals surface area contributed by atoms with Crippen molar-refractivity contribution in [3.8, 4) is 0 Å². The van der Waals surface area contributed by atoms with Crippen LogP contribution >= 0.6 is 0 Å². The highest BCUT2D eigenvalue weighted by atomic mass is 16.5. The molecule has 2 aromatic carbocycles. The standard InChI is InChI=1S/C19H19NO3/c1-12(2)13-6-8-14(9-7-13)18-20-11-17(23-18)15-4-3-5-16(10-15)19(21)22/h3-10,12,17H,11H2,1-2H3,(H,21,22). The fourth-order valence-electron chi connectivity index (χ4n) is 2.59. The zero-order chi connectivity index (χ0) is 16.4. The maximum atomic E-state index is 11.1. The fourth-order valence-corrected chi connectivity index (χ4v) is 2.59. The van der Waals surface area contributed by atoms with Crippen LogP contribution in [-0.2, 0) is 4.74 Å². The molecule has 4 nitrogen and oxygen atoms in total. The van der Waals surface area contributed by atoms with Gasteiger partial charge < -0.3 is 9.84 Å². The van der Waals surface area contributed by atoms with Crippen LogP contribution in [0.4, 0.5) is 0 Å². The van der Waals surface area contributed by atoms with E-state index in [-0.39, 0.29) is 11.7 Å². The van der Waals surface area contributed by atoms with E-state index in [9.17, 15) is 4.79 Å². The van der Waals surface area contributed by atoms with Gasteiger partial charge in [0.2, 0.25) is 5.90 Å². The molecule has 1 atom stereocenters. The molecule has 0 saturated carbocycles. The van der Waals surface area contributed by atoms with Gasteiger partial charge >= 0.3 is 5.97 Å². The Bertz CT molecular complexity index is 747. The van der Waals surface area contributed by atoms with Crippen molar-refractivity contribution in [3.05, 3.63) is 70.8 Å². The van der Waals surface area contributed by atoms with Crippen LogP contribution in [0.2, 0.25) is 0 Å². The molecule has 2 aromatic rings. The molecule has 1 N–H and O–H groups in total. The van der Waals surface area contributed by atoms with E-state index in [4.69, 9.17) is 9.84 Å². The monoisotopic (exact) mass is 309 g/mol. The number of aromatic carboxylic acids is 1. The maximum absolute atomic E-state index is 11.1. The van der Waals surface area contributed by atoms with Crippen molar-refractivity contribution in [2.24, 2.45) is 4.99 Å². The van der Waals surface area contributed by atoms with Crippen LogP contribution in [0, 0.1) is 0 Å². The lowest BCUT2D eigenvalue weighted by Gasteiger charge is -2.13. The summed E-state index contributed by atoms with van der Waals surface area (Å²) in [5.41, 5.74) is 3.33. The summed E-state index contributed by atoms with van der Waals surface area (Å²) < 4.78 is 5.93. The van der Waals surface area contributed by atoms with Gasteiger partial charge in [-0.05, 0) is 41.3 Å². The van der Waals surface area contributed by atoms with Crippen LogP contribution in [0.3, 0.4) is 0 Å². The van der Waals surface area contributed by atoms with Crippen molar-refractivity contribution in [1.29, 1.82) is 0 Å². The number of rotatable bonds is 4. The highest BCUT2D eigenvalue weighted by molar-refractivity contribution is 5.95. The van der Waals surface area contributed by atoms with Gasteiger partial charge in [-0.25, -0.2) is 9.79 Å². The van der Waals surface area contributed by atoms with Gasteiger partial charge in [-0.1, -0.05) is 38.1 Å². The fraction of sp³-hybridized carbons (Fsp3) is 0.263. The highest BCUT2D eigenvalue weighted by Gasteiger charge is 2.23. The first-order chi connectivity index (χ1) is 11.0. The summed E-state index contributed by atoms with van der Waals surface area (Å²) in [7, 11) is 0. The topological polar surface area (TPSA) is 58.9 Å². The first-order valence-electron chi connectivity index (χ1n) is 7.69. The van der Waals surface area contributed by atoms with Gasteiger partial charge in [-0.15, -0.1) is 0 Å². The molecule has 4 heteroatoms. The third kappa shape index (κ3) is 3.26. The van der Waals surface area contributed by atoms with Crippen LogP contribution in [0.25, 0.3) is 0 Å². The lowest BCUT2D eigenvalue weighted by Crippen LogP contribution is -2.07. The molecule has 1 aliphatic heterocycles. The Morgan fingerprint density at radius 3 is 2.61 bits per heavy atom. The first-order valence-corrected chi connectivity index (χ1v) is 7.69. The minimum Gasteiger partial charge on any atom is -0.478 e. The van der Waals surface area contributed by atoms with E-state index in [1.807, 2.05) is 18.2 Å². The van der Waals surface area contributed by atoms with Gasteiger partial charge in [-0.2, -0.15) is 0 Å². The van der Waals surface area contributed by atoms with Gasteiger partial charge in [0.1, 0.15) is 6.10 Å². The molecule has 0 fully saturated rings. The van der Waals surface area contributed by atoms with Gasteiger partial charge in [0.15, 0.2) is 0 Å². The number of aliphatic imine (C=N–C) groups is 1. The summed E-state index contributed by atoms with van der Waals surface area (Å²) in [5.74, 6) is 0.170. The molecule has 0 aliphatic carbocycles. The van der Waals surface area contributed by atoms with E-state index in [1.54, 1.807) is 18.2 Å². The lowest BCUT2D eigenvalue weighted by atomic mass is 10.0. The number of hydrogen-bond donors (Lipinski definition) is 1. The zero-order valence-corrected chi connectivity index (χ0v) is 13.2. The molecule has 1 heterocycles. The van der Waals surface area contributed by atoms with Crippen molar-refractivity contribution in [3.63, 3.8) is 0 Å². The van der Waals surface area contributed by atoms with Gasteiger partial charge in [0.25, 0.3) is 0 Å². The Labute approximate surface area is 135 Å². The lowest BCUT2D eigenvalue weighted by molar-refractivity contribution is 0.0696. The van der Waals surface area contributed by atoms with E-state index in [2.05, 4.69) is 31.0 Å².